The molecule has 1 aromatic rings. The Labute approximate surface area is 120 Å². The summed E-state index contributed by atoms with van der Waals surface area (Å²) in [7, 11) is 2.17. The summed E-state index contributed by atoms with van der Waals surface area (Å²) in [6.07, 6.45) is 2.66. The molecule has 1 fully saturated rings. The smallest absolute Gasteiger partial charge is 0.138 e. The van der Waals surface area contributed by atoms with Crippen LogP contribution in [0.1, 0.15) is 25.3 Å². The molecule has 106 valence electrons. The van der Waals surface area contributed by atoms with Crippen LogP contribution in [0.4, 0.5) is 0 Å². The molecule has 19 heavy (non-hydrogen) atoms. The molecule has 0 aromatic heterocycles. The number of benzene rings is 1. The minimum atomic E-state index is 0.184. The Bertz CT molecular complexity index is 425. The van der Waals surface area contributed by atoms with E-state index in [1.54, 1.807) is 0 Å². The highest BCUT2D eigenvalue weighted by molar-refractivity contribution is 6.32. The maximum atomic E-state index is 6.23. The molecule has 0 bridgehead atoms. The second kappa shape index (κ2) is 6.60. The van der Waals surface area contributed by atoms with Crippen molar-refractivity contribution in [3.63, 3.8) is 0 Å². The van der Waals surface area contributed by atoms with E-state index in [0.29, 0.717) is 17.5 Å². The van der Waals surface area contributed by atoms with Gasteiger partial charge in [0, 0.05) is 19.0 Å². The van der Waals surface area contributed by atoms with Crippen molar-refractivity contribution in [2.75, 3.05) is 20.1 Å². The van der Waals surface area contributed by atoms with Crippen LogP contribution in [0.25, 0.3) is 0 Å². The molecule has 0 radical (unpaired) electrons. The van der Waals surface area contributed by atoms with Gasteiger partial charge in [-0.15, -0.1) is 0 Å². The van der Waals surface area contributed by atoms with Crippen LogP contribution in [-0.4, -0.2) is 31.1 Å². The highest BCUT2D eigenvalue weighted by atomic mass is 35.5. The lowest BCUT2D eigenvalue weighted by atomic mass is 9.93. The Morgan fingerprint density at radius 1 is 1.53 bits per heavy atom. The number of nitrogens with two attached hydrogens (primary N) is 1. The first kappa shape index (κ1) is 14.6. The second-order valence-corrected chi connectivity index (χ2v) is 5.86. The third-order valence-corrected chi connectivity index (χ3v) is 4.17. The monoisotopic (exact) mass is 282 g/mol. The van der Waals surface area contributed by atoms with Crippen molar-refractivity contribution in [1.82, 2.24) is 4.90 Å². The summed E-state index contributed by atoms with van der Waals surface area (Å²) in [5.74, 6) is 1.34. The molecule has 1 heterocycles. The largest absolute Gasteiger partial charge is 0.489 e. The SMILES string of the molecule is CC(Oc1ccc(CN)cc1Cl)C1CCCN(C)C1. The Morgan fingerprint density at radius 2 is 2.32 bits per heavy atom. The highest BCUT2D eigenvalue weighted by Crippen LogP contribution is 2.29. The summed E-state index contributed by atoms with van der Waals surface area (Å²) in [5.41, 5.74) is 6.63. The molecular formula is C15H23ClN2O. The van der Waals surface area contributed by atoms with Gasteiger partial charge in [-0.3, -0.25) is 0 Å². The van der Waals surface area contributed by atoms with Gasteiger partial charge in [-0.1, -0.05) is 17.7 Å². The molecule has 2 atom stereocenters. The van der Waals surface area contributed by atoms with E-state index >= 15 is 0 Å². The van der Waals surface area contributed by atoms with Gasteiger partial charge in [0.15, 0.2) is 0 Å². The normalized spacial score (nSPS) is 22.2. The molecule has 1 aliphatic heterocycles. The van der Waals surface area contributed by atoms with E-state index in [1.807, 2.05) is 18.2 Å². The Balaban J connectivity index is 2.00. The van der Waals surface area contributed by atoms with E-state index in [9.17, 15) is 0 Å². The highest BCUT2D eigenvalue weighted by Gasteiger charge is 2.24. The van der Waals surface area contributed by atoms with Crippen LogP contribution in [0.2, 0.25) is 5.02 Å². The zero-order chi connectivity index (χ0) is 13.8. The summed E-state index contributed by atoms with van der Waals surface area (Å²) in [6.45, 7) is 4.93. The van der Waals surface area contributed by atoms with Crippen LogP contribution >= 0.6 is 11.6 Å². The van der Waals surface area contributed by atoms with E-state index < -0.39 is 0 Å². The lowest BCUT2D eigenvalue weighted by Crippen LogP contribution is -2.39. The van der Waals surface area contributed by atoms with Gasteiger partial charge in [0.2, 0.25) is 0 Å². The van der Waals surface area contributed by atoms with E-state index in [2.05, 4.69) is 18.9 Å². The van der Waals surface area contributed by atoms with Crippen LogP contribution in [0, 0.1) is 5.92 Å². The third-order valence-electron chi connectivity index (χ3n) is 3.87. The van der Waals surface area contributed by atoms with Crippen molar-refractivity contribution < 1.29 is 4.74 Å². The lowest BCUT2D eigenvalue weighted by Gasteiger charge is -2.33. The fourth-order valence-corrected chi connectivity index (χ4v) is 2.90. The Morgan fingerprint density at radius 3 is 2.95 bits per heavy atom. The number of ether oxygens (including phenoxy) is 1. The molecule has 2 rings (SSSR count). The predicted molar refractivity (Wildman–Crippen MR) is 79.7 cm³/mol. The number of likely N-dealkylation sites (tertiary alicyclic amines) is 1. The average molecular weight is 283 g/mol. The van der Waals surface area contributed by atoms with Crippen LogP contribution in [0.5, 0.6) is 5.75 Å². The first-order chi connectivity index (χ1) is 9.10. The maximum absolute atomic E-state index is 6.23. The van der Waals surface area contributed by atoms with Gasteiger partial charge in [-0.05, 0) is 51.1 Å². The number of hydrogen-bond donors (Lipinski definition) is 1. The average Bonchev–Trinajstić information content (AvgIpc) is 2.41. The maximum Gasteiger partial charge on any atom is 0.138 e. The quantitative estimate of drug-likeness (QED) is 0.923. The number of hydrogen-bond acceptors (Lipinski definition) is 3. The molecule has 3 nitrogen and oxygen atoms in total. The summed E-state index contributed by atoms with van der Waals surface area (Å²) < 4.78 is 6.03. The Hall–Kier alpha value is -0.770. The molecule has 4 heteroatoms. The Kier molecular flexibility index (Phi) is 5.08. The van der Waals surface area contributed by atoms with Crippen molar-refractivity contribution in [2.24, 2.45) is 11.7 Å². The molecule has 0 amide bonds. The molecule has 0 saturated carbocycles. The zero-order valence-electron chi connectivity index (χ0n) is 11.7. The van der Waals surface area contributed by atoms with Crippen molar-refractivity contribution in [2.45, 2.75) is 32.4 Å². The standard InChI is InChI=1S/C15H23ClN2O/c1-11(13-4-3-7-18(2)10-13)19-15-6-5-12(9-17)8-14(15)16/h5-6,8,11,13H,3-4,7,9-10,17H2,1-2H3. The van der Waals surface area contributed by atoms with E-state index in [-0.39, 0.29) is 6.10 Å². The van der Waals surface area contributed by atoms with E-state index in [0.717, 1.165) is 17.9 Å². The first-order valence-corrected chi connectivity index (χ1v) is 7.31. The topological polar surface area (TPSA) is 38.5 Å². The first-order valence-electron chi connectivity index (χ1n) is 6.94. The van der Waals surface area contributed by atoms with Gasteiger partial charge < -0.3 is 15.4 Å². The summed E-state index contributed by atoms with van der Waals surface area (Å²) in [4.78, 5) is 2.37. The van der Waals surface area contributed by atoms with Gasteiger partial charge in [0.25, 0.3) is 0 Å². The molecular weight excluding hydrogens is 260 g/mol. The molecule has 1 aliphatic rings. The predicted octanol–water partition coefficient (Wildman–Crippen LogP) is 2.91. The molecule has 2 N–H and O–H groups in total. The van der Waals surface area contributed by atoms with Crippen LogP contribution in [0.15, 0.2) is 18.2 Å². The number of rotatable bonds is 4. The molecule has 0 aliphatic carbocycles. The van der Waals surface area contributed by atoms with Gasteiger partial charge in [-0.25, -0.2) is 0 Å². The van der Waals surface area contributed by atoms with Gasteiger partial charge >= 0.3 is 0 Å². The fraction of sp³-hybridized carbons (Fsp3) is 0.600. The summed E-state index contributed by atoms with van der Waals surface area (Å²) >= 11 is 6.23. The summed E-state index contributed by atoms with van der Waals surface area (Å²) in [6, 6.07) is 5.78. The number of piperidine rings is 1. The van der Waals surface area contributed by atoms with Crippen LogP contribution in [0.3, 0.4) is 0 Å². The van der Waals surface area contributed by atoms with Crippen molar-refractivity contribution in [3.05, 3.63) is 28.8 Å². The van der Waals surface area contributed by atoms with Gasteiger partial charge in [0.05, 0.1) is 11.1 Å². The summed E-state index contributed by atoms with van der Waals surface area (Å²) in [5, 5.41) is 0.652. The number of halogens is 1. The number of nitrogens with zero attached hydrogens (tertiary/aromatic N) is 1. The third kappa shape index (κ3) is 3.85. The van der Waals surface area contributed by atoms with E-state index in [1.165, 1.54) is 19.4 Å². The lowest BCUT2D eigenvalue weighted by molar-refractivity contribution is 0.0901. The zero-order valence-corrected chi connectivity index (χ0v) is 12.5. The van der Waals surface area contributed by atoms with Crippen molar-refractivity contribution in [1.29, 1.82) is 0 Å². The minimum Gasteiger partial charge on any atom is -0.489 e. The minimum absolute atomic E-state index is 0.184. The van der Waals surface area contributed by atoms with Gasteiger partial charge in [-0.2, -0.15) is 0 Å². The van der Waals surface area contributed by atoms with Crippen LogP contribution < -0.4 is 10.5 Å². The molecule has 2 unspecified atom stereocenters. The molecule has 1 saturated heterocycles. The van der Waals surface area contributed by atoms with E-state index in [4.69, 9.17) is 22.1 Å². The molecule has 1 aromatic carbocycles. The van der Waals surface area contributed by atoms with Crippen molar-refractivity contribution in [3.8, 4) is 5.75 Å². The van der Waals surface area contributed by atoms with Crippen molar-refractivity contribution >= 4 is 11.6 Å². The van der Waals surface area contributed by atoms with Crippen LogP contribution in [-0.2, 0) is 6.54 Å². The fourth-order valence-electron chi connectivity index (χ4n) is 2.65. The van der Waals surface area contributed by atoms with Gasteiger partial charge in [0.1, 0.15) is 5.75 Å². The second-order valence-electron chi connectivity index (χ2n) is 5.46. The molecule has 0 spiro atoms.